The number of carbonyl (C=O) groups is 1. The number of nitrogens with zero attached hydrogens (tertiary/aromatic N) is 2. The van der Waals surface area contributed by atoms with Crippen LogP contribution in [0.3, 0.4) is 0 Å². The summed E-state index contributed by atoms with van der Waals surface area (Å²) < 4.78 is 17.3. The number of benzene rings is 2. The zero-order valence-corrected chi connectivity index (χ0v) is 17.3. The number of hydrogen-bond donors (Lipinski definition) is 0. The summed E-state index contributed by atoms with van der Waals surface area (Å²) in [5, 5.41) is 0. The summed E-state index contributed by atoms with van der Waals surface area (Å²) in [4.78, 5) is 17.2. The van der Waals surface area contributed by atoms with E-state index in [0.29, 0.717) is 43.4 Å². The zero-order chi connectivity index (χ0) is 20.4. The van der Waals surface area contributed by atoms with E-state index in [2.05, 4.69) is 24.8 Å². The molecule has 4 rings (SSSR count). The van der Waals surface area contributed by atoms with Crippen LogP contribution in [0.2, 0.25) is 0 Å². The summed E-state index contributed by atoms with van der Waals surface area (Å²) in [7, 11) is 1.68. The highest BCUT2D eigenvalue weighted by atomic mass is 16.5. The van der Waals surface area contributed by atoms with Crippen LogP contribution in [0.1, 0.15) is 24.2 Å². The van der Waals surface area contributed by atoms with Crippen LogP contribution in [-0.4, -0.2) is 57.3 Å². The van der Waals surface area contributed by atoms with Gasteiger partial charge < -0.3 is 24.0 Å². The van der Waals surface area contributed by atoms with Crippen LogP contribution in [-0.2, 0) is 0 Å². The topological polar surface area (TPSA) is 51.2 Å². The fourth-order valence-corrected chi connectivity index (χ4v) is 3.69. The lowest BCUT2D eigenvalue weighted by Crippen LogP contribution is -2.48. The van der Waals surface area contributed by atoms with Gasteiger partial charge in [-0.05, 0) is 30.3 Å². The lowest BCUT2D eigenvalue weighted by molar-refractivity contribution is 0.0746. The Morgan fingerprint density at radius 3 is 2.38 bits per heavy atom. The van der Waals surface area contributed by atoms with E-state index in [-0.39, 0.29) is 11.3 Å². The molecule has 0 radical (unpaired) electrons. The normalized spacial score (nSPS) is 18.2. The molecule has 0 N–H and O–H groups in total. The Bertz CT molecular complexity index is 888. The maximum atomic E-state index is 13.1. The van der Waals surface area contributed by atoms with E-state index in [1.165, 1.54) is 0 Å². The van der Waals surface area contributed by atoms with Crippen LogP contribution in [0.15, 0.2) is 42.5 Å². The molecule has 1 fully saturated rings. The highest BCUT2D eigenvalue weighted by Gasteiger charge is 2.27. The van der Waals surface area contributed by atoms with E-state index in [0.717, 1.165) is 24.5 Å². The number of methoxy groups -OCH3 is 1. The summed E-state index contributed by atoms with van der Waals surface area (Å²) in [5.74, 6) is 2.24. The molecule has 0 unspecified atom stereocenters. The number of para-hydroxylation sites is 2. The summed E-state index contributed by atoms with van der Waals surface area (Å²) in [6.07, 6.45) is 0. The molecule has 2 aliphatic rings. The molecule has 2 aromatic carbocycles. The van der Waals surface area contributed by atoms with Gasteiger partial charge in [-0.1, -0.05) is 26.0 Å². The smallest absolute Gasteiger partial charge is 0.254 e. The van der Waals surface area contributed by atoms with Crippen molar-refractivity contribution in [3.63, 3.8) is 0 Å². The van der Waals surface area contributed by atoms with Crippen molar-refractivity contribution in [3.8, 4) is 17.2 Å². The van der Waals surface area contributed by atoms with E-state index in [9.17, 15) is 4.79 Å². The molecular weight excluding hydrogens is 368 g/mol. The second-order valence-electron chi connectivity index (χ2n) is 8.35. The Morgan fingerprint density at radius 2 is 1.66 bits per heavy atom. The average molecular weight is 396 g/mol. The summed E-state index contributed by atoms with van der Waals surface area (Å²) in [6.45, 7) is 8.23. The second kappa shape index (κ2) is 7.85. The number of rotatable bonds is 3. The molecular formula is C23H28N2O4. The van der Waals surface area contributed by atoms with Gasteiger partial charge in [0.15, 0.2) is 11.5 Å². The van der Waals surface area contributed by atoms with Gasteiger partial charge in [-0.25, -0.2) is 0 Å². The van der Waals surface area contributed by atoms with E-state index < -0.39 is 0 Å². The molecule has 2 heterocycles. The van der Waals surface area contributed by atoms with Crippen LogP contribution in [0.5, 0.6) is 17.2 Å². The van der Waals surface area contributed by atoms with Crippen molar-refractivity contribution in [3.05, 3.63) is 48.0 Å². The highest BCUT2D eigenvalue weighted by molar-refractivity contribution is 5.95. The van der Waals surface area contributed by atoms with Gasteiger partial charge >= 0.3 is 0 Å². The molecule has 1 saturated heterocycles. The lowest BCUT2D eigenvalue weighted by atomic mass is 9.97. The third-order valence-corrected chi connectivity index (χ3v) is 5.42. The predicted octanol–water partition coefficient (Wildman–Crippen LogP) is 3.46. The average Bonchev–Trinajstić information content (AvgIpc) is 2.91. The largest absolute Gasteiger partial charge is 0.495 e. The van der Waals surface area contributed by atoms with Crippen LogP contribution < -0.4 is 19.1 Å². The van der Waals surface area contributed by atoms with Crippen molar-refractivity contribution in [2.45, 2.75) is 13.8 Å². The number of fused-ring (bicyclic) bond motifs is 1. The Labute approximate surface area is 172 Å². The zero-order valence-electron chi connectivity index (χ0n) is 17.3. The monoisotopic (exact) mass is 396 g/mol. The molecule has 0 spiro atoms. The minimum Gasteiger partial charge on any atom is -0.495 e. The molecule has 6 nitrogen and oxygen atoms in total. The third-order valence-electron chi connectivity index (χ3n) is 5.42. The Balaban J connectivity index is 1.43. The molecule has 6 heteroatoms. The minimum atomic E-state index is -0.0575. The van der Waals surface area contributed by atoms with Gasteiger partial charge in [0.2, 0.25) is 0 Å². The SMILES string of the molecule is COc1ccccc1N1CCN(C(=O)c2ccc3c(c2)OCC(C)(C)CO3)CC1. The summed E-state index contributed by atoms with van der Waals surface area (Å²) in [6, 6.07) is 13.5. The molecule has 2 aromatic rings. The molecule has 0 bridgehead atoms. The van der Waals surface area contributed by atoms with Crippen LogP contribution >= 0.6 is 0 Å². The van der Waals surface area contributed by atoms with Gasteiger partial charge in [0.25, 0.3) is 5.91 Å². The Hall–Kier alpha value is -2.89. The quantitative estimate of drug-likeness (QED) is 0.795. The predicted molar refractivity (Wildman–Crippen MR) is 112 cm³/mol. The standard InChI is InChI=1S/C23H28N2O4/c1-23(2)15-28-20-9-8-17(14-21(20)29-16-23)22(26)25-12-10-24(11-13-25)18-6-4-5-7-19(18)27-3/h4-9,14H,10-13,15-16H2,1-3H3. The Kier molecular flexibility index (Phi) is 5.26. The van der Waals surface area contributed by atoms with Crippen LogP contribution in [0, 0.1) is 5.41 Å². The van der Waals surface area contributed by atoms with E-state index in [4.69, 9.17) is 14.2 Å². The Morgan fingerprint density at radius 1 is 0.966 bits per heavy atom. The number of hydrogen-bond acceptors (Lipinski definition) is 5. The molecule has 154 valence electrons. The van der Waals surface area contributed by atoms with Gasteiger partial charge in [-0.3, -0.25) is 4.79 Å². The van der Waals surface area contributed by atoms with Gasteiger partial charge in [0, 0.05) is 37.2 Å². The molecule has 1 amide bonds. The first-order valence-electron chi connectivity index (χ1n) is 10.0. The molecule has 0 atom stereocenters. The first-order chi connectivity index (χ1) is 14.0. The van der Waals surface area contributed by atoms with E-state index >= 15 is 0 Å². The van der Waals surface area contributed by atoms with Crippen molar-refractivity contribution in [2.75, 3.05) is 51.4 Å². The summed E-state index contributed by atoms with van der Waals surface area (Å²) >= 11 is 0. The summed E-state index contributed by atoms with van der Waals surface area (Å²) in [5.41, 5.74) is 1.65. The molecule has 2 aliphatic heterocycles. The fourth-order valence-electron chi connectivity index (χ4n) is 3.69. The van der Waals surface area contributed by atoms with Crippen molar-refractivity contribution >= 4 is 11.6 Å². The minimum absolute atomic E-state index is 0.0274. The third kappa shape index (κ3) is 4.11. The number of ether oxygens (including phenoxy) is 3. The second-order valence-corrected chi connectivity index (χ2v) is 8.35. The number of piperazine rings is 1. The molecule has 0 aromatic heterocycles. The number of amides is 1. The van der Waals surface area contributed by atoms with Crippen molar-refractivity contribution in [1.82, 2.24) is 4.90 Å². The van der Waals surface area contributed by atoms with E-state index in [1.807, 2.05) is 41.3 Å². The van der Waals surface area contributed by atoms with Crippen LogP contribution in [0.4, 0.5) is 5.69 Å². The first-order valence-corrected chi connectivity index (χ1v) is 10.0. The van der Waals surface area contributed by atoms with Gasteiger partial charge in [0.1, 0.15) is 5.75 Å². The number of anilines is 1. The van der Waals surface area contributed by atoms with Crippen molar-refractivity contribution in [1.29, 1.82) is 0 Å². The highest BCUT2D eigenvalue weighted by Crippen LogP contribution is 2.35. The number of carbonyl (C=O) groups excluding carboxylic acids is 1. The van der Waals surface area contributed by atoms with Crippen molar-refractivity contribution in [2.24, 2.45) is 5.41 Å². The van der Waals surface area contributed by atoms with Crippen LogP contribution in [0.25, 0.3) is 0 Å². The van der Waals surface area contributed by atoms with Gasteiger partial charge in [-0.15, -0.1) is 0 Å². The maximum Gasteiger partial charge on any atom is 0.254 e. The van der Waals surface area contributed by atoms with Gasteiger partial charge in [-0.2, -0.15) is 0 Å². The van der Waals surface area contributed by atoms with E-state index in [1.54, 1.807) is 7.11 Å². The fraction of sp³-hybridized carbons (Fsp3) is 0.435. The molecule has 0 saturated carbocycles. The first kappa shape index (κ1) is 19.4. The molecule has 0 aliphatic carbocycles. The lowest BCUT2D eigenvalue weighted by Gasteiger charge is -2.36. The van der Waals surface area contributed by atoms with Gasteiger partial charge in [0.05, 0.1) is 26.0 Å². The molecule has 29 heavy (non-hydrogen) atoms. The van der Waals surface area contributed by atoms with Crippen molar-refractivity contribution < 1.29 is 19.0 Å². The maximum absolute atomic E-state index is 13.1.